The van der Waals surface area contributed by atoms with E-state index in [2.05, 4.69) is 4.98 Å². The molecule has 1 heterocycles. The zero-order valence-electron chi connectivity index (χ0n) is 15.3. The molecule has 26 heavy (non-hydrogen) atoms. The van der Waals surface area contributed by atoms with E-state index in [1.807, 2.05) is 68.4 Å². The lowest BCUT2D eigenvalue weighted by Crippen LogP contribution is -2.07. The van der Waals surface area contributed by atoms with Crippen molar-refractivity contribution < 1.29 is 14.3 Å². The van der Waals surface area contributed by atoms with E-state index in [0.29, 0.717) is 12.3 Å². The Balaban J connectivity index is 2.23. The Morgan fingerprint density at radius 2 is 1.65 bits per heavy atom. The molecule has 134 valence electrons. The molecule has 0 unspecified atom stereocenters. The average Bonchev–Trinajstić information content (AvgIpc) is 3.08. The van der Waals surface area contributed by atoms with Crippen LogP contribution in [0.2, 0.25) is 0 Å². The van der Waals surface area contributed by atoms with Gasteiger partial charge in [-0.15, -0.1) is 0 Å². The van der Waals surface area contributed by atoms with Crippen LogP contribution in [0.5, 0.6) is 5.75 Å². The Kier molecular flexibility index (Phi) is 5.42. The van der Waals surface area contributed by atoms with Crippen LogP contribution in [0, 0.1) is 0 Å². The van der Waals surface area contributed by atoms with Crippen molar-refractivity contribution in [2.75, 3.05) is 13.7 Å². The summed E-state index contributed by atoms with van der Waals surface area (Å²) in [4.78, 5) is 15.8. The van der Waals surface area contributed by atoms with Crippen LogP contribution in [0.15, 0.2) is 54.6 Å². The summed E-state index contributed by atoms with van der Waals surface area (Å²) < 4.78 is 10.5. The van der Waals surface area contributed by atoms with Crippen LogP contribution >= 0.6 is 0 Å². The third-order valence-electron chi connectivity index (χ3n) is 4.38. The van der Waals surface area contributed by atoms with Gasteiger partial charge in [-0.1, -0.05) is 49.4 Å². The van der Waals surface area contributed by atoms with E-state index < -0.39 is 0 Å². The van der Waals surface area contributed by atoms with Crippen LogP contribution in [0.3, 0.4) is 0 Å². The summed E-state index contributed by atoms with van der Waals surface area (Å²) in [5.74, 6) is 0.482. The van der Waals surface area contributed by atoms with Gasteiger partial charge >= 0.3 is 5.97 Å². The Morgan fingerprint density at radius 3 is 2.23 bits per heavy atom. The van der Waals surface area contributed by atoms with E-state index in [1.54, 1.807) is 7.11 Å². The number of ether oxygens (including phenoxy) is 2. The van der Waals surface area contributed by atoms with Gasteiger partial charge in [-0.3, -0.25) is 0 Å². The number of methoxy groups -OCH3 is 1. The van der Waals surface area contributed by atoms with Gasteiger partial charge in [0, 0.05) is 5.56 Å². The van der Waals surface area contributed by atoms with E-state index in [4.69, 9.17) is 9.47 Å². The van der Waals surface area contributed by atoms with Gasteiger partial charge in [-0.2, -0.15) is 0 Å². The molecule has 4 heteroatoms. The number of carbonyl (C=O) groups excluding carboxylic acids is 1. The first-order valence-electron chi connectivity index (χ1n) is 8.81. The van der Waals surface area contributed by atoms with Gasteiger partial charge in [0.15, 0.2) is 0 Å². The SMILES string of the molecule is CCOC(=O)c1[nH]c(-c2ccccc2)c(-c2ccc(OC)cc2)c1CC. The van der Waals surface area contributed by atoms with Gasteiger partial charge in [0.1, 0.15) is 11.4 Å². The van der Waals surface area contributed by atoms with Crippen LogP contribution in [0.1, 0.15) is 29.9 Å². The fourth-order valence-corrected chi connectivity index (χ4v) is 3.17. The van der Waals surface area contributed by atoms with E-state index in [-0.39, 0.29) is 5.97 Å². The normalized spacial score (nSPS) is 10.6. The Morgan fingerprint density at radius 1 is 0.962 bits per heavy atom. The minimum absolute atomic E-state index is 0.318. The number of benzene rings is 2. The zero-order valence-corrected chi connectivity index (χ0v) is 15.3. The van der Waals surface area contributed by atoms with Crippen LogP contribution in [0.4, 0.5) is 0 Å². The van der Waals surface area contributed by atoms with Gasteiger partial charge in [-0.25, -0.2) is 4.79 Å². The predicted molar refractivity (Wildman–Crippen MR) is 104 cm³/mol. The molecule has 2 aromatic carbocycles. The van der Waals surface area contributed by atoms with Gasteiger partial charge in [0.05, 0.1) is 19.4 Å². The van der Waals surface area contributed by atoms with Crippen LogP contribution in [0.25, 0.3) is 22.4 Å². The summed E-state index contributed by atoms with van der Waals surface area (Å²) in [5, 5.41) is 0. The lowest BCUT2D eigenvalue weighted by molar-refractivity contribution is 0.0519. The molecule has 0 bridgehead atoms. The van der Waals surface area contributed by atoms with Crippen molar-refractivity contribution in [3.8, 4) is 28.1 Å². The number of rotatable bonds is 6. The fourth-order valence-electron chi connectivity index (χ4n) is 3.17. The second-order valence-electron chi connectivity index (χ2n) is 5.90. The number of aromatic amines is 1. The topological polar surface area (TPSA) is 51.3 Å². The standard InChI is InChI=1S/C22H23NO3/c1-4-18-19(15-11-13-17(25-3)14-12-15)20(16-9-7-6-8-10-16)23-21(18)22(24)26-5-2/h6-14,23H,4-5H2,1-3H3. The largest absolute Gasteiger partial charge is 0.497 e. The minimum Gasteiger partial charge on any atom is -0.497 e. The van der Waals surface area contributed by atoms with Crippen molar-refractivity contribution in [2.24, 2.45) is 0 Å². The quantitative estimate of drug-likeness (QED) is 0.630. The number of carbonyl (C=O) groups is 1. The highest BCUT2D eigenvalue weighted by atomic mass is 16.5. The molecule has 0 spiro atoms. The molecule has 4 nitrogen and oxygen atoms in total. The maximum Gasteiger partial charge on any atom is 0.355 e. The zero-order chi connectivity index (χ0) is 18.5. The maximum absolute atomic E-state index is 12.5. The van der Waals surface area contributed by atoms with Crippen LogP contribution in [-0.4, -0.2) is 24.7 Å². The van der Waals surface area contributed by atoms with E-state index in [0.717, 1.165) is 40.1 Å². The first-order chi connectivity index (χ1) is 12.7. The maximum atomic E-state index is 12.5. The minimum atomic E-state index is -0.318. The molecule has 1 N–H and O–H groups in total. The van der Waals surface area contributed by atoms with Gasteiger partial charge in [0.25, 0.3) is 0 Å². The van der Waals surface area contributed by atoms with Crippen molar-refractivity contribution in [1.82, 2.24) is 4.98 Å². The summed E-state index contributed by atoms with van der Waals surface area (Å²) in [7, 11) is 1.65. The summed E-state index contributed by atoms with van der Waals surface area (Å²) in [5.41, 5.74) is 5.52. The molecule has 1 aromatic heterocycles. The van der Waals surface area contributed by atoms with Crippen LogP contribution < -0.4 is 4.74 Å². The van der Waals surface area contributed by atoms with Gasteiger partial charge < -0.3 is 14.5 Å². The number of esters is 1. The van der Waals surface area contributed by atoms with Crippen LogP contribution in [-0.2, 0) is 11.2 Å². The smallest absolute Gasteiger partial charge is 0.355 e. The molecule has 0 atom stereocenters. The Hall–Kier alpha value is -3.01. The Labute approximate surface area is 153 Å². The number of nitrogens with one attached hydrogen (secondary N) is 1. The van der Waals surface area contributed by atoms with Gasteiger partial charge in [0.2, 0.25) is 0 Å². The molecule has 3 aromatic rings. The second kappa shape index (κ2) is 7.91. The Bertz CT molecular complexity index is 880. The molecule has 0 aliphatic rings. The third-order valence-corrected chi connectivity index (χ3v) is 4.38. The lowest BCUT2D eigenvalue weighted by Gasteiger charge is -2.09. The lowest BCUT2D eigenvalue weighted by atomic mass is 9.95. The molecule has 0 fully saturated rings. The predicted octanol–water partition coefficient (Wildman–Crippen LogP) is 5.10. The van der Waals surface area contributed by atoms with E-state index >= 15 is 0 Å². The molecule has 0 aliphatic heterocycles. The summed E-state index contributed by atoms with van der Waals surface area (Å²) >= 11 is 0. The molecule has 0 saturated carbocycles. The first-order valence-corrected chi connectivity index (χ1v) is 8.81. The molecule has 0 radical (unpaired) electrons. The summed E-state index contributed by atoms with van der Waals surface area (Å²) in [6.07, 6.45) is 0.721. The number of hydrogen-bond donors (Lipinski definition) is 1. The summed E-state index contributed by atoms with van der Waals surface area (Å²) in [6, 6.07) is 17.9. The highest BCUT2D eigenvalue weighted by Gasteiger charge is 2.23. The molecule has 0 saturated heterocycles. The molecular formula is C22H23NO3. The van der Waals surface area contributed by atoms with E-state index in [9.17, 15) is 4.79 Å². The van der Waals surface area contributed by atoms with Crippen molar-refractivity contribution in [2.45, 2.75) is 20.3 Å². The number of aromatic nitrogens is 1. The van der Waals surface area contributed by atoms with Crippen molar-refractivity contribution in [3.05, 3.63) is 65.9 Å². The molecule has 0 amide bonds. The third kappa shape index (κ3) is 3.36. The second-order valence-corrected chi connectivity index (χ2v) is 5.90. The highest BCUT2D eigenvalue weighted by Crippen LogP contribution is 2.38. The van der Waals surface area contributed by atoms with Crippen molar-refractivity contribution in [3.63, 3.8) is 0 Å². The molecule has 0 aliphatic carbocycles. The van der Waals surface area contributed by atoms with Gasteiger partial charge in [-0.05, 0) is 42.2 Å². The number of H-pyrrole nitrogens is 1. The van der Waals surface area contributed by atoms with E-state index in [1.165, 1.54) is 0 Å². The monoisotopic (exact) mass is 349 g/mol. The van der Waals surface area contributed by atoms with Crippen molar-refractivity contribution in [1.29, 1.82) is 0 Å². The summed E-state index contributed by atoms with van der Waals surface area (Å²) in [6.45, 7) is 4.21. The fraction of sp³-hybridized carbons (Fsp3) is 0.227. The average molecular weight is 349 g/mol. The molecule has 3 rings (SSSR count). The number of hydrogen-bond acceptors (Lipinski definition) is 3. The van der Waals surface area contributed by atoms with Crippen molar-refractivity contribution >= 4 is 5.97 Å². The highest BCUT2D eigenvalue weighted by molar-refractivity contribution is 5.97. The first kappa shape index (κ1) is 17.8. The molecular weight excluding hydrogens is 326 g/mol.